The zero-order valence-corrected chi connectivity index (χ0v) is 13.3. The van der Waals surface area contributed by atoms with Crippen molar-refractivity contribution >= 4 is 17.3 Å². The smallest absolute Gasteiger partial charge is 0.337 e. The highest BCUT2D eigenvalue weighted by Gasteiger charge is 2.14. The number of rotatable bonds is 3. The normalized spacial score (nSPS) is 14.6. The molecule has 23 heavy (non-hydrogen) atoms. The number of methoxy groups -OCH3 is 1. The van der Waals surface area contributed by atoms with Gasteiger partial charge in [0.05, 0.1) is 18.4 Å². The number of ether oxygens (including phenoxy) is 1. The van der Waals surface area contributed by atoms with Gasteiger partial charge in [-0.25, -0.2) is 4.79 Å². The Morgan fingerprint density at radius 3 is 2.70 bits per heavy atom. The van der Waals surface area contributed by atoms with Crippen molar-refractivity contribution in [3.8, 4) is 11.3 Å². The molecule has 0 radical (unpaired) electrons. The fourth-order valence-corrected chi connectivity index (χ4v) is 2.94. The number of nitrogen functional groups attached to an aromatic ring is 1. The maximum Gasteiger partial charge on any atom is 0.337 e. The monoisotopic (exact) mass is 311 g/mol. The zero-order chi connectivity index (χ0) is 16.2. The molecule has 120 valence electrons. The number of aromatic nitrogens is 1. The summed E-state index contributed by atoms with van der Waals surface area (Å²) >= 11 is 0. The Labute approximate surface area is 136 Å². The summed E-state index contributed by atoms with van der Waals surface area (Å²) in [6.07, 6.45) is 5.33. The van der Waals surface area contributed by atoms with Gasteiger partial charge in [-0.2, -0.15) is 0 Å². The number of nitrogens with zero attached hydrogens (tertiary/aromatic N) is 2. The number of pyridine rings is 1. The van der Waals surface area contributed by atoms with E-state index in [4.69, 9.17) is 10.5 Å². The second kappa shape index (κ2) is 6.69. The summed E-state index contributed by atoms with van der Waals surface area (Å²) in [7, 11) is 1.37. The number of hydrogen-bond donors (Lipinski definition) is 1. The number of hydrogen-bond acceptors (Lipinski definition) is 5. The summed E-state index contributed by atoms with van der Waals surface area (Å²) in [5, 5.41) is 0. The number of nitrogens with two attached hydrogens (primary N) is 1. The summed E-state index contributed by atoms with van der Waals surface area (Å²) in [5.74, 6) is -0.376. The molecule has 2 N–H and O–H groups in total. The Morgan fingerprint density at radius 1 is 1.17 bits per heavy atom. The van der Waals surface area contributed by atoms with Crippen LogP contribution in [0.4, 0.5) is 11.4 Å². The minimum absolute atomic E-state index is 0.376. The first-order chi connectivity index (χ1) is 11.2. The highest BCUT2D eigenvalue weighted by molar-refractivity contribution is 5.91. The van der Waals surface area contributed by atoms with E-state index in [2.05, 4.69) is 16.0 Å². The Balaban J connectivity index is 1.97. The number of anilines is 2. The van der Waals surface area contributed by atoms with Gasteiger partial charge in [0.15, 0.2) is 0 Å². The van der Waals surface area contributed by atoms with Crippen LogP contribution in [0.2, 0.25) is 0 Å². The van der Waals surface area contributed by atoms with Gasteiger partial charge in [-0.15, -0.1) is 0 Å². The third kappa shape index (κ3) is 3.28. The van der Waals surface area contributed by atoms with Crippen molar-refractivity contribution in [2.24, 2.45) is 0 Å². The van der Waals surface area contributed by atoms with Crippen molar-refractivity contribution in [2.75, 3.05) is 30.8 Å². The first-order valence-electron chi connectivity index (χ1n) is 7.88. The van der Waals surface area contributed by atoms with Gasteiger partial charge in [-0.1, -0.05) is 0 Å². The van der Waals surface area contributed by atoms with E-state index in [0.717, 1.165) is 24.3 Å². The molecular weight excluding hydrogens is 290 g/mol. The van der Waals surface area contributed by atoms with Crippen LogP contribution in [0.1, 0.15) is 29.6 Å². The molecule has 0 unspecified atom stereocenters. The predicted molar refractivity (Wildman–Crippen MR) is 91.5 cm³/mol. The number of benzene rings is 1. The second-order valence-electron chi connectivity index (χ2n) is 5.74. The number of carbonyl (C=O) groups is 1. The van der Waals surface area contributed by atoms with Crippen LogP contribution in [-0.2, 0) is 4.74 Å². The molecule has 1 aliphatic heterocycles. The largest absolute Gasteiger partial charge is 0.465 e. The van der Waals surface area contributed by atoms with Crippen molar-refractivity contribution in [2.45, 2.75) is 19.3 Å². The van der Waals surface area contributed by atoms with E-state index in [-0.39, 0.29) is 5.97 Å². The van der Waals surface area contributed by atoms with Gasteiger partial charge < -0.3 is 15.4 Å². The van der Waals surface area contributed by atoms with Gasteiger partial charge >= 0.3 is 5.97 Å². The molecule has 1 saturated heterocycles. The highest BCUT2D eigenvalue weighted by atomic mass is 16.5. The minimum atomic E-state index is -0.376. The molecule has 5 nitrogen and oxygen atoms in total. The molecule has 0 saturated carbocycles. The lowest BCUT2D eigenvalue weighted by atomic mass is 10.0. The van der Waals surface area contributed by atoms with Crippen LogP contribution in [0.25, 0.3) is 11.3 Å². The first kappa shape index (κ1) is 15.3. The summed E-state index contributed by atoms with van der Waals surface area (Å²) in [5.41, 5.74) is 9.94. The molecule has 1 aromatic heterocycles. The average molecular weight is 311 g/mol. The van der Waals surface area contributed by atoms with Crippen LogP contribution >= 0.6 is 0 Å². The SMILES string of the molecule is COC(=O)c1ccnc(-c2cc(N3CCCCC3)ccc2N)c1. The average Bonchev–Trinajstić information content (AvgIpc) is 2.62. The van der Waals surface area contributed by atoms with Crippen molar-refractivity contribution in [1.82, 2.24) is 4.98 Å². The van der Waals surface area contributed by atoms with Crippen molar-refractivity contribution in [3.05, 3.63) is 42.1 Å². The topological polar surface area (TPSA) is 68.5 Å². The fraction of sp³-hybridized carbons (Fsp3) is 0.333. The van der Waals surface area contributed by atoms with Gasteiger partial charge in [0.25, 0.3) is 0 Å². The van der Waals surface area contributed by atoms with E-state index in [1.54, 1.807) is 18.3 Å². The maximum atomic E-state index is 11.7. The molecule has 2 heterocycles. The van der Waals surface area contributed by atoms with Crippen LogP contribution in [0.3, 0.4) is 0 Å². The van der Waals surface area contributed by atoms with Gasteiger partial charge in [-0.05, 0) is 49.6 Å². The van der Waals surface area contributed by atoms with E-state index in [1.165, 1.54) is 26.4 Å². The summed E-state index contributed by atoms with van der Waals surface area (Å²) in [4.78, 5) is 18.4. The van der Waals surface area contributed by atoms with Crippen molar-refractivity contribution in [3.63, 3.8) is 0 Å². The minimum Gasteiger partial charge on any atom is -0.465 e. The third-order valence-electron chi connectivity index (χ3n) is 4.22. The lowest BCUT2D eigenvalue weighted by Crippen LogP contribution is -2.29. The van der Waals surface area contributed by atoms with Crippen molar-refractivity contribution < 1.29 is 9.53 Å². The molecule has 1 aromatic carbocycles. The molecule has 0 amide bonds. The molecule has 0 spiro atoms. The van der Waals surface area contributed by atoms with Gasteiger partial charge in [-0.3, -0.25) is 4.98 Å². The summed E-state index contributed by atoms with van der Waals surface area (Å²) in [6, 6.07) is 9.38. The third-order valence-corrected chi connectivity index (χ3v) is 4.22. The molecule has 3 rings (SSSR count). The lowest BCUT2D eigenvalue weighted by molar-refractivity contribution is 0.0600. The molecule has 5 heteroatoms. The molecule has 1 fully saturated rings. The maximum absolute atomic E-state index is 11.7. The van der Waals surface area contributed by atoms with Crippen LogP contribution in [0, 0.1) is 0 Å². The molecule has 2 aromatic rings. The highest BCUT2D eigenvalue weighted by Crippen LogP contribution is 2.30. The Kier molecular flexibility index (Phi) is 4.46. The summed E-state index contributed by atoms with van der Waals surface area (Å²) < 4.78 is 4.77. The van der Waals surface area contributed by atoms with E-state index < -0.39 is 0 Å². The van der Waals surface area contributed by atoms with E-state index >= 15 is 0 Å². The number of esters is 1. The number of piperidine rings is 1. The fourth-order valence-electron chi connectivity index (χ4n) is 2.94. The van der Waals surface area contributed by atoms with Crippen LogP contribution in [0.5, 0.6) is 0 Å². The predicted octanol–water partition coefficient (Wildman–Crippen LogP) is 3.11. The van der Waals surface area contributed by atoms with Crippen LogP contribution < -0.4 is 10.6 Å². The Bertz CT molecular complexity index is 709. The van der Waals surface area contributed by atoms with Gasteiger partial charge in [0, 0.05) is 36.2 Å². The molecule has 0 atom stereocenters. The van der Waals surface area contributed by atoms with Gasteiger partial charge in [0.1, 0.15) is 0 Å². The standard InChI is InChI=1S/C18H21N3O2/c1-23-18(22)13-7-8-20-17(11-13)15-12-14(5-6-16(15)19)21-9-3-2-4-10-21/h5-8,11-12H,2-4,9-10,19H2,1H3. The second-order valence-corrected chi connectivity index (χ2v) is 5.74. The zero-order valence-electron chi connectivity index (χ0n) is 13.3. The first-order valence-corrected chi connectivity index (χ1v) is 7.88. The Hall–Kier alpha value is -2.56. The molecule has 1 aliphatic rings. The van der Waals surface area contributed by atoms with Gasteiger partial charge in [0.2, 0.25) is 0 Å². The Morgan fingerprint density at radius 2 is 1.96 bits per heavy atom. The van der Waals surface area contributed by atoms with Crippen molar-refractivity contribution in [1.29, 1.82) is 0 Å². The molecule has 0 aliphatic carbocycles. The van der Waals surface area contributed by atoms with E-state index in [0.29, 0.717) is 16.9 Å². The molecule has 0 bridgehead atoms. The van der Waals surface area contributed by atoms with E-state index in [9.17, 15) is 4.79 Å². The summed E-state index contributed by atoms with van der Waals surface area (Å²) in [6.45, 7) is 2.14. The van der Waals surface area contributed by atoms with E-state index in [1.807, 2.05) is 12.1 Å². The quantitative estimate of drug-likeness (QED) is 0.697. The van der Waals surface area contributed by atoms with Crippen LogP contribution in [-0.4, -0.2) is 31.2 Å². The van der Waals surface area contributed by atoms with Crippen LogP contribution in [0.15, 0.2) is 36.5 Å². The lowest BCUT2D eigenvalue weighted by Gasteiger charge is -2.29. The number of carbonyl (C=O) groups excluding carboxylic acids is 1. The molecular formula is C18H21N3O2.